The zero-order chi connectivity index (χ0) is 19.0. The zero-order valence-corrected chi connectivity index (χ0v) is 16.3. The van der Waals surface area contributed by atoms with Crippen LogP contribution < -0.4 is 5.32 Å². The smallest absolute Gasteiger partial charge is 0.317 e. The van der Waals surface area contributed by atoms with Gasteiger partial charge in [0.1, 0.15) is 5.69 Å². The molecule has 27 heavy (non-hydrogen) atoms. The molecule has 1 saturated carbocycles. The molecule has 2 fully saturated rings. The van der Waals surface area contributed by atoms with Gasteiger partial charge in [-0.2, -0.15) is 0 Å². The van der Waals surface area contributed by atoms with E-state index in [0.29, 0.717) is 49.8 Å². The van der Waals surface area contributed by atoms with Gasteiger partial charge in [0, 0.05) is 38.9 Å². The van der Waals surface area contributed by atoms with E-state index in [0.717, 1.165) is 12.3 Å². The third-order valence-corrected chi connectivity index (χ3v) is 6.96. The Morgan fingerprint density at radius 1 is 1.22 bits per heavy atom. The highest BCUT2D eigenvalue weighted by molar-refractivity contribution is 5.92. The summed E-state index contributed by atoms with van der Waals surface area (Å²) in [6, 6.07) is 3.60. The molecular formula is C21H30N4O2. The second-order valence-electron chi connectivity index (χ2n) is 8.67. The molecule has 4 aliphatic rings. The second-order valence-corrected chi connectivity index (χ2v) is 8.67. The number of urea groups is 1. The lowest BCUT2D eigenvalue weighted by Gasteiger charge is -2.56. The van der Waals surface area contributed by atoms with E-state index in [9.17, 15) is 9.59 Å². The van der Waals surface area contributed by atoms with Gasteiger partial charge in [0.25, 0.3) is 5.91 Å². The molecule has 2 bridgehead atoms. The van der Waals surface area contributed by atoms with Crippen molar-refractivity contribution in [3.05, 3.63) is 35.7 Å². The first kappa shape index (κ1) is 18.1. The van der Waals surface area contributed by atoms with Gasteiger partial charge in [0.15, 0.2) is 0 Å². The molecule has 0 unspecified atom stereocenters. The average molecular weight is 370 g/mol. The van der Waals surface area contributed by atoms with Crippen LogP contribution in [0.15, 0.2) is 30.0 Å². The number of hydrogen-bond donors (Lipinski definition) is 2. The van der Waals surface area contributed by atoms with Gasteiger partial charge in [-0.15, -0.1) is 0 Å². The van der Waals surface area contributed by atoms with Gasteiger partial charge in [-0.1, -0.05) is 25.5 Å². The van der Waals surface area contributed by atoms with Crippen LogP contribution in [0.4, 0.5) is 4.79 Å². The molecule has 0 aromatic carbocycles. The standard InChI is InChI=1S/C21H30N4O2/c1-21(2)16-6-5-15(17(21)14-16)7-9-23-20(27)25-12-10-24(11-13-25)19(26)18-4-3-8-22-18/h3-5,8,16-17,22H,6-7,9-14H2,1-2H3,(H,23,27)/t16-,17-/m0/s1. The second kappa shape index (κ2) is 7.06. The van der Waals surface area contributed by atoms with Crippen LogP contribution in [-0.4, -0.2) is 59.4 Å². The molecule has 1 aliphatic heterocycles. The molecule has 146 valence electrons. The molecule has 2 N–H and O–H groups in total. The number of rotatable bonds is 4. The van der Waals surface area contributed by atoms with Crippen molar-refractivity contribution in [1.29, 1.82) is 0 Å². The van der Waals surface area contributed by atoms with Crippen LogP contribution in [-0.2, 0) is 0 Å². The summed E-state index contributed by atoms with van der Waals surface area (Å²) in [6.07, 6.45) is 7.63. The summed E-state index contributed by atoms with van der Waals surface area (Å²) in [4.78, 5) is 31.4. The van der Waals surface area contributed by atoms with E-state index in [1.165, 1.54) is 18.4 Å². The third kappa shape index (κ3) is 3.37. The normalized spacial score (nSPS) is 26.2. The molecule has 2 heterocycles. The molecule has 3 amide bonds. The SMILES string of the molecule is CC1(C)[C@H]2CC=C(CCNC(=O)N3CCN(C(=O)c4ccc[nH]4)CC3)[C@@H]1C2. The lowest BCUT2D eigenvalue weighted by atomic mass is 9.48. The summed E-state index contributed by atoms with van der Waals surface area (Å²) >= 11 is 0. The summed E-state index contributed by atoms with van der Waals surface area (Å²) < 4.78 is 0. The van der Waals surface area contributed by atoms with Gasteiger partial charge in [-0.05, 0) is 48.6 Å². The molecule has 6 nitrogen and oxygen atoms in total. The number of piperazine rings is 1. The van der Waals surface area contributed by atoms with E-state index in [4.69, 9.17) is 0 Å². The number of hydrogen-bond acceptors (Lipinski definition) is 2. The van der Waals surface area contributed by atoms with Crippen LogP contribution in [0, 0.1) is 17.3 Å². The number of aromatic amines is 1. The molecule has 1 aromatic rings. The number of amides is 3. The Labute approximate surface area is 161 Å². The van der Waals surface area contributed by atoms with Crippen LogP contribution in [0.2, 0.25) is 0 Å². The number of carbonyl (C=O) groups is 2. The maximum Gasteiger partial charge on any atom is 0.317 e. The van der Waals surface area contributed by atoms with E-state index in [-0.39, 0.29) is 11.9 Å². The Morgan fingerprint density at radius 2 is 1.96 bits per heavy atom. The minimum absolute atomic E-state index is 0.00529. The summed E-state index contributed by atoms with van der Waals surface area (Å²) in [7, 11) is 0. The Kier molecular flexibility index (Phi) is 4.74. The number of aromatic nitrogens is 1. The first-order valence-electron chi connectivity index (χ1n) is 10.1. The van der Waals surface area contributed by atoms with E-state index in [1.807, 2.05) is 11.0 Å². The molecule has 0 spiro atoms. The highest BCUT2D eigenvalue weighted by Gasteiger charge is 2.50. The minimum atomic E-state index is -0.0101. The van der Waals surface area contributed by atoms with Crippen molar-refractivity contribution in [3.63, 3.8) is 0 Å². The summed E-state index contributed by atoms with van der Waals surface area (Å²) in [5.41, 5.74) is 2.58. The first-order valence-corrected chi connectivity index (χ1v) is 10.1. The molecule has 3 aliphatic carbocycles. The average Bonchev–Trinajstić information content (AvgIpc) is 3.22. The van der Waals surface area contributed by atoms with E-state index < -0.39 is 0 Å². The van der Waals surface area contributed by atoms with E-state index >= 15 is 0 Å². The lowest BCUT2D eigenvalue weighted by Crippen LogP contribution is -2.53. The number of nitrogens with one attached hydrogen (secondary N) is 2. The van der Waals surface area contributed by atoms with Crippen LogP contribution >= 0.6 is 0 Å². The van der Waals surface area contributed by atoms with Gasteiger partial charge in [-0.25, -0.2) is 4.79 Å². The lowest BCUT2D eigenvalue weighted by molar-refractivity contribution is -0.00811. The van der Waals surface area contributed by atoms with Crippen molar-refractivity contribution in [2.45, 2.75) is 33.1 Å². The number of carbonyl (C=O) groups excluding carboxylic acids is 2. The maximum absolute atomic E-state index is 12.4. The largest absolute Gasteiger partial charge is 0.357 e. The summed E-state index contributed by atoms with van der Waals surface area (Å²) in [6.45, 7) is 7.78. The maximum atomic E-state index is 12.4. The van der Waals surface area contributed by atoms with Crippen LogP contribution in [0.5, 0.6) is 0 Å². The van der Waals surface area contributed by atoms with Gasteiger partial charge in [-0.3, -0.25) is 4.79 Å². The predicted molar refractivity (Wildman–Crippen MR) is 104 cm³/mol. The summed E-state index contributed by atoms with van der Waals surface area (Å²) in [5, 5.41) is 3.07. The van der Waals surface area contributed by atoms with Crippen LogP contribution in [0.25, 0.3) is 0 Å². The Morgan fingerprint density at radius 3 is 2.59 bits per heavy atom. The fourth-order valence-electron chi connectivity index (χ4n) is 4.93. The fourth-order valence-corrected chi connectivity index (χ4v) is 4.93. The van der Waals surface area contributed by atoms with Crippen molar-refractivity contribution in [2.75, 3.05) is 32.7 Å². The topological polar surface area (TPSA) is 68.4 Å². The Hall–Kier alpha value is -2.24. The highest BCUT2D eigenvalue weighted by atomic mass is 16.2. The van der Waals surface area contributed by atoms with Gasteiger partial charge >= 0.3 is 6.03 Å². The minimum Gasteiger partial charge on any atom is -0.357 e. The number of nitrogens with zero attached hydrogens (tertiary/aromatic N) is 2. The zero-order valence-electron chi connectivity index (χ0n) is 16.3. The van der Waals surface area contributed by atoms with Crippen LogP contribution in [0.1, 0.15) is 43.6 Å². The molecular weight excluding hydrogens is 340 g/mol. The van der Waals surface area contributed by atoms with Gasteiger partial charge < -0.3 is 20.1 Å². The molecule has 5 rings (SSSR count). The molecule has 6 heteroatoms. The molecule has 0 radical (unpaired) electrons. The Bertz CT molecular complexity index is 729. The third-order valence-electron chi connectivity index (χ3n) is 6.96. The fraction of sp³-hybridized carbons (Fsp3) is 0.619. The highest BCUT2D eigenvalue weighted by Crippen LogP contribution is 2.59. The van der Waals surface area contributed by atoms with E-state index in [1.54, 1.807) is 17.2 Å². The predicted octanol–water partition coefficient (Wildman–Crippen LogP) is 2.86. The summed E-state index contributed by atoms with van der Waals surface area (Å²) in [5.74, 6) is 1.56. The quantitative estimate of drug-likeness (QED) is 0.800. The molecule has 2 atom stereocenters. The van der Waals surface area contributed by atoms with Crippen molar-refractivity contribution in [3.8, 4) is 0 Å². The number of fused-ring (bicyclic) bond motifs is 1. The first-order chi connectivity index (χ1) is 13.0. The van der Waals surface area contributed by atoms with E-state index in [2.05, 4.69) is 30.2 Å². The molecule has 1 saturated heterocycles. The van der Waals surface area contributed by atoms with Crippen molar-refractivity contribution >= 4 is 11.9 Å². The van der Waals surface area contributed by atoms with Gasteiger partial charge in [0.2, 0.25) is 0 Å². The number of H-pyrrole nitrogens is 1. The van der Waals surface area contributed by atoms with Crippen LogP contribution in [0.3, 0.4) is 0 Å². The van der Waals surface area contributed by atoms with Gasteiger partial charge in [0.05, 0.1) is 0 Å². The van der Waals surface area contributed by atoms with Crippen molar-refractivity contribution in [2.24, 2.45) is 17.3 Å². The van der Waals surface area contributed by atoms with Crippen molar-refractivity contribution < 1.29 is 9.59 Å². The number of allylic oxidation sites excluding steroid dienone is 1. The Balaban J connectivity index is 1.20. The molecule has 1 aromatic heterocycles. The monoisotopic (exact) mass is 370 g/mol. The van der Waals surface area contributed by atoms with Crippen molar-refractivity contribution in [1.82, 2.24) is 20.1 Å².